The summed E-state index contributed by atoms with van der Waals surface area (Å²) in [5, 5.41) is 2.91. The summed E-state index contributed by atoms with van der Waals surface area (Å²) in [4.78, 5) is 29.5. The molecule has 4 rings (SSSR count). The minimum atomic E-state index is -4.17. The summed E-state index contributed by atoms with van der Waals surface area (Å²) in [5.74, 6) is -1.35. The first-order valence-electron chi connectivity index (χ1n) is 14.6. The van der Waals surface area contributed by atoms with Gasteiger partial charge in [-0.1, -0.05) is 73.7 Å². The van der Waals surface area contributed by atoms with Gasteiger partial charge in [0.05, 0.1) is 10.6 Å². The molecule has 1 unspecified atom stereocenters. The summed E-state index contributed by atoms with van der Waals surface area (Å²) in [5.41, 5.74) is 3.62. The van der Waals surface area contributed by atoms with Crippen LogP contribution in [0.3, 0.4) is 0 Å². The monoisotopic (exact) mass is 615 g/mol. The van der Waals surface area contributed by atoms with Crippen LogP contribution in [-0.4, -0.2) is 44.3 Å². The van der Waals surface area contributed by atoms with Crippen LogP contribution in [0.4, 0.5) is 10.1 Å². The van der Waals surface area contributed by atoms with Gasteiger partial charge in [0.1, 0.15) is 18.4 Å². The van der Waals surface area contributed by atoms with Crippen molar-refractivity contribution in [2.24, 2.45) is 0 Å². The van der Waals surface area contributed by atoms with Crippen molar-refractivity contribution in [2.75, 3.05) is 17.4 Å². The molecule has 0 aromatic heterocycles. The first kappa shape index (κ1) is 32.4. The molecular weight excluding hydrogens is 577 g/mol. The Morgan fingerprint density at radius 3 is 2.07 bits per heavy atom. The van der Waals surface area contributed by atoms with Crippen LogP contribution >= 0.6 is 0 Å². The Bertz CT molecular complexity index is 1660. The number of carbonyl (C=O) groups excluding carboxylic acids is 2. The van der Waals surface area contributed by atoms with Gasteiger partial charge in [0, 0.05) is 19.5 Å². The molecule has 7 nitrogen and oxygen atoms in total. The first-order valence-corrected chi connectivity index (χ1v) is 16.0. The SMILES string of the molecule is CCCNC(=O)C(Cc1ccccc1)N(Cc1ccc(F)cc1)C(=O)CN(c1ccc(C)c(C)c1)S(=O)(=O)c1ccccc1. The number of amides is 2. The molecule has 230 valence electrons. The molecule has 0 saturated heterocycles. The number of rotatable bonds is 13. The van der Waals surface area contributed by atoms with Gasteiger partial charge in [-0.3, -0.25) is 13.9 Å². The Hall–Kier alpha value is -4.50. The highest BCUT2D eigenvalue weighted by atomic mass is 32.2. The van der Waals surface area contributed by atoms with Crippen molar-refractivity contribution in [3.8, 4) is 0 Å². The lowest BCUT2D eigenvalue weighted by Gasteiger charge is -2.34. The van der Waals surface area contributed by atoms with Crippen molar-refractivity contribution in [1.82, 2.24) is 10.2 Å². The molecule has 4 aromatic carbocycles. The van der Waals surface area contributed by atoms with E-state index in [1.54, 1.807) is 42.5 Å². The Balaban J connectivity index is 1.80. The fourth-order valence-electron chi connectivity index (χ4n) is 4.84. The summed E-state index contributed by atoms with van der Waals surface area (Å²) >= 11 is 0. The highest BCUT2D eigenvalue weighted by Gasteiger charge is 2.34. The number of hydrogen-bond donors (Lipinski definition) is 1. The molecule has 2 amide bonds. The van der Waals surface area contributed by atoms with Crippen LogP contribution in [-0.2, 0) is 32.6 Å². The third-order valence-corrected chi connectivity index (χ3v) is 9.26. The number of sulfonamides is 1. The second kappa shape index (κ2) is 14.8. The van der Waals surface area contributed by atoms with Crippen LogP contribution in [0, 0.1) is 19.7 Å². The van der Waals surface area contributed by atoms with Crippen LogP contribution in [0.2, 0.25) is 0 Å². The maximum absolute atomic E-state index is 14.4. The highest BCUT2D eigenvalue weighted by Crippen LogP contribution is 2.27. The molecule has 0 spiro atoms. The molecule has 0 radical (unpaired) electrons. The quantitative estimate of drug-likeness (QED) is 0.206. The number of nitrogens with zero attached hydrogens (tertiary/aromatic N) is 2. The van der Waals surface area contributed by atoms with E-state index in [0.29, 0.717) is 24.2 Å². The van der Waals surface area contributed by atoms with Gasteiger partial charge in [-0.15, -0.1) is 0 Å². The number of carbonyl (C=O) groups is 2. The Kier molecular flexibility index (Phi) is 10.9. The lowest BCUT2D eigenvalue weighted by molar-refractivity contribution is -0.140. The third-order valence-electron chi connectivity index (χ3n) is 7.48. The minimum absolute atomic E-state index is 0.0255. The molecule has 1 atom stereocenters. The molecule has 0 saturated carbocycles. The van der Waals surface area contributed by atoms with E-state index in [1.165, 1.54) is 29.2 Å². The van der Waals surface area contributed by atoms with E-state index in [0.717, 1.165) is 21.0 Å². The Morgan fingerprint density at radius 1 is 0.818 bits per heavy atom. The maximum Gasteiger partial charge on any atom is 0.264 e. The molecule has 0 heterocycles. The standard InChI is InChI=1S/C35H38FN3O4S/c1-4-21-37-35(41)33(23-28-11-7-5-8-12-28)38(24-29-16-18-30(36)19-17-29)34(40)25-39(31-20-15-26(2)27(3)22-31)44(42,43)32-13-9-6-10-14-32/h5-20,22,33H,4,21,23-25H2,1-3H3,(H,37,41). The zero-order chi connectivity index (χ0) is 31.7. The van der Waals surface area contributed by atoms with Crippen molar-refractivity contribution < 1.29 is 22.4 Å². The summed E-state index contributed by atoms with van der Waals surface area (Å²) in [6, 6.07) is 27.3. The summed E-state index contributed by atoms with van der Waals surface area (Å²) in [7, 11) is -4.17. The van der Waals surface area contributed by atoms with Crippen LogP contribution in [0.1, 0.15) is 35.6 Å². The van der Waals surface area contributed by atoms with Crippen molar-refractivity contribution in [3.05, 3.63) is 131 Å². The fraction of sp³-hybridized carbons (Fsp3) is 0.257. The van der Waals surface area contributed by atoms with Crippen LogP contribution in [0.5, 0.6) is 0 Å². The predicted molar refractivity (Wildman–Crippen MR) is 171 cm³/mol. The van der Waals surface area contributed by atoms with E-state index in [-0.39, 0.29) is 23.8 Å². The summed E-state index contributed by atoms with van der Waals surface area (Å²) in [6.45, 7) is 5.58. The van der Waals surface area contributed by atoms with Gasteiger partial charge in [-0.05, 0) is 78.9 Å². The van der Waals surface area contributed by atoms with E-state index >= 15 is 0 Å². The summed E-state index contributed by atoms with van der Waals surface area (Å²) in [6.07, 6.45) is 0.907. The largest absolute Gasteiger partial charge is 0.354 e. The maximum atomic E-state index is 14.4. The molecule has 0 fully saturated rings. The van der Waals surface area contributed by atoms with Gasteiger partial charge < -0.3 is 10.2 Å². The molecule has 0 bridgehead atoms. The second-order valence-electron chi connectivity index (χ2n) is 10.7. The normalized spacial score (nSPS) is 11.9. The average molecular weight is 616 g/mol. The molecule has 1 N–H and O–H groups in total. The average Bonchev–Trinajstić information content (AvgIpc) is 3.03. The van der Waals surface area contributed by atoms with Crippen molar-refractivity contribution in [2.45, 2.75) is 51.1 Å². The number of nitrogens with one attached hydrogen (secondary N) is 1. The lowest BCUT2D eigenvalue weighted by atomic mass is 10.0. The van der Waals surface area contributed by atoms with Gasteiger partial charge in [0.2, 0.25) is 11.8 Å². The zero-order valence-corrected chi connectivity index (χ0v) is 26.1. The molecule has 9 heteroatoms. The molecule has 4 aromatic rings. The minimum Gasteiger partial charge on any atom is -0.354 e. The van der Waals surface area contributed by atoms with Gasteiger partial charge in [0.25, 0.3) is 10.0 Å². The Morgan fingerprint density at radius 2 is 1.45 bits per heavy atom. The van der Waals surface area contributed by atoms with Crippen molar-refractivity contribution >= 4 is 27.5 Å². The van der Waals surface area contributed by atoms with E-state index in [1.807, 2.05) is 57.2 Å². The molecule has 0 aliphatic heterocycles. The van der Waals surface area contributed by atoms with E-state index in [9.17, 15) is 22.4 Å². The molecular formula is C35H38FN3O4S. The number of anilines is 1. The van der Waals surface area contributed by atoms with Gasteiger partial charge in [0.15, 0.2) is 0 Å². The first-order chi connectivity index (χ1) is 21.1. The predicted octanol–water partition coefficient (Wildman–Crippen LogP) is 5.80. The Labute approximate surface area is 259 Å². The molecule has 0 aliphatic rings. The third kappa shape index (κ3) is 8.11. The number of hydrogen-bond acceptors (Lipinski definition) is 4. The smallest absolute Gasteiger partial charge is 0.264 e. The lowest BCUT2D eigenvalue weighted by Crippen LogP contribution is -2.53. The van der Waals surface area contributed by atoms with E-state index < -0.39 is 34.3 Å². The van der Waals surface area contributed by atoms with Gasteiger partial charge >= 0.3 is 0 Å². The van der Waals surface area contributed by atoms with E-state index in [2.05, 4.69) is 5.32 Å². The molecule has 44 heavy (non-hydrogen) atoms. The number of aryl methyl sites for hydroxylation is 2. The second-order valence-corrected chi connectivity index (χ2v) is 12.6. The van der Waals surface area contributed by atoms with E-state index in [4.69, 9.17) is 0 Å². The van der Waals surface area contributed by atoms with Crippen molar-refractivity contribution in [3.63, 3.8) is 0 Å². The topological polar surface area (TPSA) is 86.8 Å². The fourth-order valence-corrected chi connectivity index (χ4v) is 6.26. The highest BCUT2D eigenvalue weighted by molar-refractivity contribution is 7.92. The summed E-state index contributed by atoms with van der Waals surface area (Å²) < 4.78 is 43.0. The van der Waals surface area contributed by atoms with Crippen LogP contribution in [0.15, 0.2) is 108 Å². The van der Waals surface area contributed by atoms with Crippen LogP contribution < -0.4 is 9.62 Å². The van der Waals surface area contributed by atoms with Crippen LogP contribution in [0.25, 0.3) is 0 Å². The van der Waals surface area contributed by atoms with Crippen molar-refractivity contribution in [1.29, 1.82) is 0 Å². The van der Waals surface area contributed by atoms with Gasteiger partial charge in [-0.2, -0.15) is 0 Å². The molecule has 0 aliphatic carbocycles. The zero-order valence-electron chi connectivity index (χ0n) is 25.2. The number of halogens is 1. The number of benzene rings is 4. The van der Waals surface area contributed by atoms with Gasteiger partial charge in [-0.25, -0.2) is 12.8 Å².